The molecule has 0 radical (unpaired) electrons. The van der Waals surface area contributed by atoms with Gasteiger partial charge in [-0.25, -0.2) is 9.78 Å². The van der Waals surface area contributed by atoms with Crippen LogP contribution < -0.4 is 0 Å². The van der Waals surface area contributed by atoms with Gasteiger partial charge in [0.2, 0.25) is 0 Å². The Hall–Kier alpha value is -1.88. The van der Waals surface area contributed by atoms with Crippen molar-refractivity contribution in [3.63, 3.8) is 0 Å². The second-order valence-electron chi connectivity index (χ2n) is 4.38. The van der Waals surface area contributed by atoms with Crippen LogP contribution in [0.15, 0.2) is 24.5 Å². The minimum atomic E-state index is -0.334. The zero-order valence-electron chi connectivity index (χ0n) is 10.1. The molecule has 5 heteroatoms. The molecule has 2 aromatic rings. The molecule has 18 heavy (non-hydrogen) atoms. The second-order valence-corrected chi connectivity index (χ2v) is 4.38. The van der Waals surface area contributed by atoms with Gasteiger partial charge in [0.05, 0.1) is 31.0 Å². The maximum Gasteiger partial charge on any atom is 0.339 e. The number of methoxy groups -OCH3 is 1. The van der Waals surface area contributed by atoms with Gasteiger partial charge in [0, 0.05) is 18.7 Å². The fourth-order valence-electron chi connectivity index (χ4n) is 2.29. The molecule has 5 nitrogen and oxygen atoms in total. The number of pyridine rings is 1. The van der Waals surface area contributed by atoms with Gasteiger partial charge in [-0.1, -0.05) is 0 Å². The molecule has 1 aliphatic heterocycles. The number of imidazole rings is 1. The highest BCUT2D eigenvalue weighted by molar-refractivity contribution is 5.89. The molecule has 3 heterocycles. The molecule has 1 fully saturated rings. The molecule has 0 aliphatic carbocycles. The van der Waals surface area contributed by atoms with Gasteiger partial charge in [-0.05, 0) is 18.6 Å². The number of ether oxygens (including phenoxy) is 2. The number of hydrogen-bond acceptors (Lipinski definition) is 4. The lowest BCUT2D eigenvalue weighted by Crippen LogP contribution is -2.07. The summed E-state index contributed by atoms with van der Waals surface area (Å²) in [6.45, 7) is 1.47. The van der Waals surface area contributed by atoms with Gasteiger partial charge < -0.3 is 13.9 Å². The number of carbonyl (C=O) groups is 1. The van der Waals surface area contributed by atoms with E-state index in [0.717, 1.165) is 24.4 Å². The van der Waals surface area contributed by atoms with Gasteiger partial charge in [0.15, 0.2) is 0 Å². The van der Waals surface area contributed by atoms with Crippen LogP contribution >= 0.6 is 0 Å². The van der Waals surface area contributed by atoms with Crippen LogP contribution in [0.2, 0.25) is 0 Å². The minimum absolute atomic E-state index is 0.306. The van der Waals surface area contributed by atoms with Gasteiger partial charge in [0.1, 0.15) is 5.82 Å². The zero-order valence-corrected chi connectivity index (χ0v) is 10.1. The standard InChI is InChI=1S/C13H14N2O3/c1-17-13(16)9-2-3-11-6-14-12(15(11)7-9)10-4-5-18-8-10/h2-3,6-7,10H,4-5,8H2,1H3. The predicted molar refractivity (Wildman–Crippen MR) is 64.7 cm³/mol. The lowest BCUT2D eigenvalue weighted by molar-refractivity contribution is 0.0600. The summed E-state index contributed by atoms with van der Waals surface area (Å²) >= 11 is 0. The highest BCUT2D eigenvalue weighted by Crippen LogP contribution is 2.25. The number of nitrogens with zero attached hydrogens (tertiary/aromatic N) is 2. The van der Waals surface area contributed by atoms with E-state index in [2.05, 4.69) is 4.98 Å². The summed E-state index contributed by atoms with van der Waals surface area (Å²) < 4.78 is 12.1. The van der Waals surface area contributed by atoms with Crippen molar-refractivity contribution in [2.24, 2.45) is 0 Å². The summed E-state index contributed by atoms with van der Waals surface area (Å²) in [4.78, 5) is 16.0. The van der Waals surface area contributed by atoms with Crippen molar-refractivity contribution >= 4 is 11.5 Å². The third-order valence-corrected chi connectivity index (χ3v) is 3.27. The van der Waals surface area contributed by atoms with Gasteiger partial charge in [-0.2, -0.15) is 0 Å². The predicted octanol–water partition coefficient (Wildman–Crippen LogP) is 1.62. The molecule has 0 amide bonds. The van der Waals surface area contributed by atoms with E-state index in [-0.39, 0.29) is 5.97 Å². The number of fused-ring (bicyclic) bond motifs is 1. The Labute approximate surface area is 104 Å². The Morgan fingerprint density at radius 2 is 2.44 bits per heavy atom. The van der Waals surface area contributed by atoms with E-state index in [1.807, 2.05) is 16.7 Å². The molecule has 0 aromatic carbocycles. The maximum atomic E-state index is 11.5. The molecular weight excluding hydrogens is 232 g/mol. The fraction of sp³-hybridized carbons (Fsp3) is 0.385. The van der Waals surface area contributed by atoms with Gasteiger partial charge in [-0.15, -0.1) is 0 Å². The normalized spacial score (nSPS) is 19.3. The molecule has 1 saturated heterocycles. The summed E-state index contributed by atoms with van der Waals surface area (Å²) in [5.41, 5.74) is 1.51. The van der Waals surface area contributed by atoms with E-state index < -0.39 is 0 Å². The smallest absolute Gasteiger partial charge is 0.339 e. The average Bonchev–Trinajstić information content (AvgIpc) is 3.05. The largest absolute Gasteiger partial charge is 0.465 e. The Kier molecular flexibility index (Phi) is 2.76. The van der Waals surface area contributed by atoms with E-state index in [4.69, 9.17) is 9.47 Å². The number of carbonyl (C=O) groups excluding carboxylic acids is 1. The fourth-order valence-corrected chi connectivity index (χ4v) is 2.29. The highest BCUT2D eigenvalue weighted by Gasteiger charge is 2.22. The van der Waals surface area contributed by atoms with E-state index >= 15 is 0 Å². The van der Waals surface area contributed by atoms with Gasteiger partial charge in [-0.3, -0.25) is 0 Å². The number of hydrogen-bond donors (Lipinski definition) is 0. The molecule has 0 spiro atoms. The van der Waals surface area contributed by atoms with Crippen LogP contribution in [0.3, 0.4) is 0 Å². The minimum Gasteiger partial charge on any atom is -0.465 e. The molecule has 1 unspecified atom stereocenters. The van der Waals surface area contributed by atoms with Crippen molar-refractivity contribution in [2.45, 2.75) is 12.3 Å². The summed E-state index contributed by atoms with van der Waals surface area (Å²) in [5, 5.41) is 0. The van der Waals surface area contributed by atoms with Crippen molar-refractivity contribution in [3.05, 3.63) is 35.9 Å². The van der Waals surface area contributed by atoms with E-state index in [1.54, 1.807) is 12.3 Å². The van der Waals surface area contributed by atoms with Crippen LogP contribution in [0.1, 0.15) is 28.5 Å². The van der Waals surface area contributed by atoms with Crippen molar-refractivity contribution in [3.8, 4) is 0 Å². The lowest BCUT2D eigenvalue weighted by Gasteiger charge is -2.07. The van der Waals surface area contributed by atoms with Crippen LogP contribution in [0.25, 0.3) is 5.52 Å². The lowest BCUT2D eigenvalue weighted by atomic mass is 10.1. The van der Waals surface area contributed by atoms with Crippen molar-refractivity contribution < 1.29 is 14.3 Å². The van der Waals surface area contributed by atoms with Crippen LogP contribution in [0.5, 0.6) is 0 Å². The topological polar surface area (TPSA) is 52.8 Å². The molecule has 1 atom stereocenters. The maximum absolute atomic E-state index is 11.5. The number of aromatic nitrogens is 2. The first-order valence-corrected chi connectivity index (χ1v) is 5.92. The quantitative estimate of drug-likeness (QED) is 0.756. The Morgan fingerprint density at radius 1 is 1.56 bits per heavy atom. The highest BCUT2D eigenvalue weighted by atomic mass is 16.5. The molecule has 0 bridgehead atoms. The SMILES string of the molecule is COC(=O)c1ccc2cnc(C3CCOC3)n2c1. The van der Waals surface area contributed by atoms with Gasteiger partial charge >= 0.3 is 5.97 Å². The first-order valence-electron chi connectivity index (χ1n) is 5.92. The van der Waals surface area contributed by atoms with Crippen LogP contribution in [0, 0.1) is 0 Å². The first kappa shape index (κ1) is 11.2. The van der Waals surface area contributed by atoms with Gasteiger partial charge in [0.25, 0.3) is 0 Å². The average molecular weight is 246 g/mol. The third-order valence-electron chi connectivity index (χ3n) is 3.27. The molecule has 0 N–H and O–H groups in total. The Bertz CT molecular complexity index is 585. The molecule has 3 rings (SSSR count). The molecule has 2 aromatic heterocycles. The molecule has 94 valence electrons. The summed E-state index contributed by atoms with van der Waals surface area (Å²) in [5.74, 6) is 0.924. The second kappa shape index (κ2) is 4.42. The number of rotatable bonds is 2. The molecule has 1 aliphatic rings. The monoisotopic (exact) mass is 246 g/mol. The zero-order chi connectivity index (χ0) is 12.5. The molecule has 0 saturated carbocycles. The first-order chi connectivity index (χ1) is 8.79. The summed E-state index contributed by atoms with van der Waals surface area (Å²) in [6.07, 6.45) is 4.57. The Balaban J connectivity index is 2.07. The van der Waals surface area contributed by atoms with E-state index in [9.17, 15) is 4.79 Å². The van der Waals surface area contributed by atoms with Crippen LogP contribution in [0.4, 0.5) is 0 Å². The number of esters is 1. The van der Waals surface area contributed by atoms with Crippen LogP contribution in [-0.4, -0.2) is 35.7 Å². The summed E-state index contributed by atoms with van der Waals surface area (Å²) in [6, 6.07) is 3.62. The van der Waals surface area contributed by atoms with Crippen molar-refractivity contribution in [2.75, 3.05) is 20.3 Å². The molecular formula is C13H14N2O3. The summed E-state index contributed by atoms with van der Waals surface area (Å²) in [7, 11) is 1.38. The van der Waals surface area contributed by atoms with E-state index in [0.29, 0.717) is 18.1 Å². The third kappa shape index (κ3) is 1.76. The van der Waals surface area contributed by atoms with Crippen LogP contribution in [-0.2, 0) is 9.47 Å². The Morgan fingerprint density at radius 3 is 3.17 bits per heavy atom. The van der Waals surface area contributed by atoms with Crippen molar-refractivity contribution in [1.29, 1.82) is 0 Å². The van der Waals surface area contributed by atoms with E-state index in [1.165, 1.54) is 7.11 Å². The van der Waals surface area contributed by atoms with Crippen molar-refractivity contribution in [1.82, 2.24) is 9.38 Å².